The molecule has 0 radical (unpaired) electrons. The van der Waals surface area contributed by atoms with Gasteiger partial charge in [-0.3, -0.25) is 0 Å². The predicted molar refractivity (Wildman–Crippen MR) is 84.3 cm³/mol. The number of carbonyl (C=O) groups excluding carboxylic acids is 1. The number of aliphatic carboxylic acids is 1. The van der Waals surface area contributed by atoms with Gasteiger partial charge in [-0.1, -0.05) is 64.5 Å². The molecular formula is C18H33O2-. The summed E-state index contributed by atoms with van der Waals surface area (Å²) in [6, 6.07) is 0. The molecule has 2 nitrogen and oxygen atoms in total. The number of carboxylic acid groups (broad SMARTS) is 1. The molecule has 0 aromatic heterocycles. The third-order valence-corrected chi connectivity index (χ3v) is 4.06. The van der Waals surface area contributed by atoms with Gasteiger partial charge in [0.15, 0.2) is 0 Å². The van der Waals surface area contributed by atoms with E-state index in [1.807, 2.05) is 0 Å². The van der Waals surface area contributed by atoms with Crippen LogP contribution >= 0.6 is 0 Å². The Kier molecular flexibility index (Phi) is 11.5. The summed E-state index contributed by atoms with van der Waals surface area (Å²) in [6.45, 7) is 8.48. The lowest BCUT2D eigenvalue weighted by Gasteiger charge is -2.12. The molecular weight excluding hydrogens is 248 g/mol. The van der Waals surface area contributed by atoms with Crippen molar-refractivity contribution in [2.45, 2.75) is 85.5 Å². The van der Waals surface area contributed by atoms with Gasteiger partial charge in [0.05, 0.1) is 0 Å². The largest absolute Gasteiger partial charge is 0.550 e. The average Bonchev–Trinajstić information content (AvgIpc) is 2.38. The average molecular weight is 281 g/mol. The number of hydrogen-bond acceptors (Lipinski definition) is 2. The maximum absolute atomic E-state index is 10.6. The Morgan fingerprint density at radius 3 is 2.35 bits per heavy atom. The monoisotopic (exact) mass is 281 g/mol. The minimum atomic E-state index is -0.933. The Morgan fingerprint density at radius 2 is 1.75 bits per heavy atom. The smallest absolute Gasteiger partial charge is 0.0442 e. The SMILES string of the molecule is CCCCCC(C)CCC/C(C)=C/CCC(C)C(=O)[O-]. The zero-order valence-corrected chi connectivity index (χ0v) is 13.9. The van der Waals surface area contributed by atoms with E-state index in [1.165, 1.54) is 44.1 Å². The highest BCUT2D eigenvalue weighted by atomic mass is 16.4. The van der Waals surface area contributed by atoms with Crippen molar-refractivity contribution in [2.24, 2.45) is 11.8 Å². The summed E-state index contributed by atoms with van der Waals surface area (Å²) in [7, 11) is 0. The van der Waals surface area contributed by atoms with Gasteiger partial charge in [0.2, 0.25) is 0 Å². The summed E-state index contributed by atoms with van der Waals surface area (Å²) in [4.78, 5) is 10.6. The Balaban J connectivity index is 3.65. The summed E-state index contributed by atoms with van der Waals surface area (Å²) in [5.74, 6) is -0.429. The third kappa shape index (κ3) is 11.1. The highest BCUT2D eigenvalue weighted by Crippen LogP contribution is 2.18. The molecule has 20 heavy (non-hydrogen) atoms. The first-order valence-corrected chi connectivity index (χ1v) is 8.33. The van der Waals surface area contributed by atoms with E-state index in [2.05, 4.69) is 26.8 Å². The van der Waals surface area contributed by atoms with E-state index in [1.54, 1.807) is 6.92 Å². The lowest BCUT2D eigenvalue weighted by Crippen LogP contribution is -2.29. The van der Waals surface area contributed by atoms with E-state index in [4.69, 9.17) is 0 Å². The number of hydrogen-bond donors (Lipinski definition) is 0. The van der Waals surface area contributed by atoms with Crippen molar-refractivity contribution in [1.29, 1.82) is 0 Å². The topological polar surface area (TPSA) is 40.1 Å². The van der Waals surface area contributed by atoms with Crippen LogP contribution in [-0.2, 0) is 4.79 Å². The van der Waals surface area contributed by atoms with Gasteiger partial charge in [-0.15, -0.1) is 0 Å². The first-order chi connectivity index (χ1) is 9.47. The first kappa shape index (κ1) is 19.2. The minimum Gasteiger partial charge on any atom is -0.550 e. The van der Waals surface area contributed by atoms with Gasteiger partial charge >= 0.3 is 0 Å². The lowest BCUT2D eigenvalue weighted by molar-refractivity contribution is -0.311. The van der Waals surface area contributed by atoms with E-state index >= 15 is 0 Å². The molecule has 0 aromatic carbocycles. The molecule has 118 valence electrons. The van der Waals surface area contributed by atoms with E-state index < -0.39 is 5.97 Å². The molecule has 0 saturated heterocycles. The fourth-order valence-corrected chi connectivity index (χ4v) is 2.42. The molecule has 2 unspecified atom stereocenters. The summed E-state index contributed by atoms with van der Waals surface area (Å²) in [5, 5.41) is 10.6. The summed E-state index contributed by atoms with van der Waals surface area (Å²) < 4.78 is 0. The maximum Gasteiger partial charge on any atom is 0.0442 e. The van der Waals surface area contributed by atoms with Crippen LogP contribution in [0.5, 0.6) is 0 Å². The molecule has 0 fully saturated rings. The Bertz CT molecular complexity index is 281. The number of carbonyl (C=O) groups is 1. The normalized spacial score (nSPS) is 15.1. The van der Waals surface area contributed by atoms with Gasteiger partial charge in [0, 0.05) is 5.97 Å². The van der Waals surface area contributed by atoms with Crippen molar-refractivity contribution in [3.05, 3.63) is 11.6 Å². The molecule has 0 heterocycles. The van der Waals surface area contributed by atoms with Crippen molar-refractivity contribution in [3.8, 4) is 0 Å². The van der Waals surface area contributed by atoms with Gasteiger partial charge in [-0.25, -0.2) is 0 Å². The molecule has 0 rings (SSSR count). The molecule has 2 atom stereocenters. The standard InChI is InChI=1S/C18H34O2/c1-5-6-7-10-15(2)11-8-12-16(3)13-9-14-17(4)18(19)20/h13,15,17H,5-12,14H2,1-4H3,(H,19,20)/p-1/b16-13+. The number of rotatable bonds is 12. The molecule has 0 spiro atoms. The first-order valence-electron chi connectivity index (χ1n) is 8.33. The second-order valence-electron chi connectivity index (χ2n) is 6.34. The lowest BCUT2D eigenvalue weighted by atomic mass is 9.96. The zero-order valence-electron chi connectivity index (χ0n) is 13.9. The highest BCUT2D eigenvalue weighted by Gasteiger charge is 2.03. The van der Waals surface area contributed by atoms with Crippen LogP contribution in [0.3, 0.4) is 0 Å². The van der Waals surface area contributed by atoms with E-state index in [-0.39, 0.29) is 5.92 Å². The van der Waals surface area contributed by atoms with Gasteiger partial charge in [0.25, 0.3) is 0 Å². The van der Waals surface area contributed by atoms with Crippen LogP contribution in [0.2, 0.25) is 0 Å². The molecule has 0 aliphatic rings. The second-order valence-corrected chi connectivity index (χ2v) is 6.34. The predicted octanol–water partition coefficient (Wildman–Crippen LogP) is 4.49. The summed E-state index contributed by atoms with van der Waals surface area (Å²) >= 11 is 0. The van der Waals surface area contributed by atoms with Crippen LogP contribution in [-0.4, -0.2) is 5.97 Å². The molecule has 0 aliphatic heterocycles. The zero-order chi connectivity index (χ0) is 15.4. The van der Waals surface area contributed by atoms with Crippen molar-refractivity contribution in [2.75, 3.05) is 0 Å². The second kappa shape index (κ2) is 12.0. The van der Waals surface area contributed by atoms with E-state index in [0.717, 1.165) is 18.8 Å². The molecule has 0 aliphatic carbocycles. The quantitative estimate of drug-likeness (QED) is 0.391. The number of unbranched alkanes of at least 4 members (excludes halogenated alkanes) is 2. The summed E-state index contributed by atoms with van der Waals surface area (Å²) in [6.07, 6.45) is 12.8. The Labute approximate surface area is 125 Å². The number of carboxylic acids is 1. The minimum absolute atomic E-state index is 0.336. The van der Waals surface area contributed by atoms with Crippen molar-refractivity contribution in [1.82, 2.24) is 0 Å². The fourth-order valence-electron chi connectivity index (χ4n) is 2.42. The third-order valence-electron chi connectivity index (χ3n) is 4.06. The molecule has 0 amide bonds. The molecule has 0 N–H and O–H groups in total. The van der Waals surface area contributed by atoms with Crippen LogP contribution in [0.25, 0.3) is 0 Å². The van der Waals surface area contributed by atoms with Crippen molar-refractivity contribution < 1.29 is 9.90 Å². The van der Waals surface area contributed by atoms with Crippen molar-refractivity contribution in [3.63, 3.8) is 0 Å². The fraction of sp³-hybridized carbons (Fsp3) is 0.833. The molecule has 0 bridgehead atoms. The van der Waals surface area contributed by atoms with Crippen LogP contribution in [0, 0.1) is 11.8 Å². The van der Waals surface area contributed by atoms with E-state index in [9.17, 15) is 9.90 Å². The van der Waals surface area contributed by atoms with Gasteiger partial charge in [-0.2, -0.15) is 0 Å². The molecule has 0 saturated carbocycles. The van der Waals surface area contributed by atoms with Crippen molar-refractivity contribution >= 4 is 5.97 Å². The van der Waals surface area contributed by atoms with Crippen LogP contribution < -0.4 is 5.11 Å². The van der Waals surface area contributed by atoms with E-state index in [0.29, 0.717) is 6.42 Å². The summed E-state index contributed by atoms with van der Waals surface area (Å²) in [5.41, 5.74) is 1.40. The van der Waals surface area contributed by atoms with Gasteiger partial charge in [0.1, 0.15) is 0 Å². The highest BCUT2D eigenvalue weighted by molar-refractivity contribution is 5.66. The van der Waals surface area contributed by atoms with Gasteiger partial charge in [-0.05, 0) is 44.4 Å². The van der Waals surface area contributed by atoms with Crippen LogP contribution in [0.15, 0.2) is 11.6 Å². The maximum atomic E-state index is 10.6. The van der Waals surface area contributed by atoms with Crippen LogP contribution in [0.4, 0.5) is 0 Å². The van der Waals surface area contributed by atoms with Gasteiger partial charge < -0.3 is 9.90 Å². The Morgan fingerprint density at radius 1 is 1.10 bits per heavy atom. The Hall–Kier alpha value is -0.790. The molecule has 2 heteroatoms. The molecule has 0 aromatic rings. The van der Waals surface area contributed by atoms with Crippen LogP contribution in [0.1, 0.15) is 85.5 Å². The number of allylic oxidation sites excluding steroid dienone is 2.